The first kappa shape index (κ1) is 62.4. The number of hydrogen-bond donors (Lipinski definition) is 0. The van der Waals surface area contributed by atoms with Crippen LogP contribution in [0.15, 0.2) is 0 Å². The highest BCUT2D eigenvalue weighted by Crippen LogP contribution is 2.18. The highest BCUT2D eigenvalue weighted by molar-refractivity contribution is 5.71. The molecule has 2 atom stereocenters. The van der Waals surface area contributed by atoms with Crippen molar-refractivity contribution < 1.29 is 28.6 Å². The Morgan fingerprint density at radius 1 is 0.312 bits per heavy atom. The zero-order chi connectivity index (χ0) is 46.7. The molecule has 6 heteroatoms. The van der Waals surface area contributed by atoms with Gasteiger partial charge >= 0.3 is 17.9 Å². The van der Waals surface area contributed by atoms with Crippen LogP contribution >= 0.6 is 0 Å². The zero-order valence-electron chi connectivity index (χ0n) is 43.8. The largest absolute Gasteiger partial charge is 0.462 e. The molecule has 0 heterocycles. The Bertz CT molecular complexity index is 966. The van der Waals surface area contributed by atoms with Gasteiger partial charge in [0.05, 0.1) is 0 Å². The van der Waals surface area contributed by atoms with Gasteiger partial charge in [0.2, 0.25) is 0 Å². The number of carbonyl (C=O) groups excluding carboxylic acids is 3. The molecule has 0 aromatic heterocycles. The third kappa shape index (κ3) is 49.8. The predicted molar refractivity (Wildman–Crippen MR) is 275 cm³/mol. The summed E-state index contributed by atoms with van der Waals surface area (Å²) in [5, 5.41) is 0. The van der Waals surface area contributed by atoms with E-state index >= 15 is 0 Å². The molecule has 0 radical (unpaired) electrons. The van der Waals surface area contributed by atoms with Crippen molar-refractivity contribution in [1.82, 2.24) is 0 Å². The molecule has 0 bridgehead atoms. The van der Waals surface area contributed by atoms with E-state index in [1.165, 1.54) is 225 Å². The maximum Gasteiger partial charge on any atom is 0.306 e. The van der Waals surface area contributed by atoms with Gasteiger partial charge in [-0.25, -0.2) is 0 Å². The molecule has 0 aliphatic rings. The molecule has 0 saturated heterocycles. The average molecular weight is 906 g/mol. The summed E-state index contributed by atoms with van der Waals surface area (Å²) in [4.78, 5) is 38.1. The molecule has 1 unspecified atom stereocenters. The van der Waals surface area contributed by atoms with Crippen LogP contribution in [-0.4, -0.2) is 37.2 Å². The first-order valence-corrected chi connectivity index (χ1v) is 28.9. The molecule has 0 aliphatic carbocycles. The van der Waals surface area contributed by atoms with Crippen molar-refractivity contribution in [1.29, 1.82) is 0 Å². The van der Waals surface area contributed by atoms with Crippen molar-refractivity contribution in [2.24, 2.45) is 5.92 Å². The zero-order valence-corrected chi connectivity index (χ0v) is 43.8. The molecule has 64 heavy (non-hydrogen) atoms. The summed E-state index contributed by atoms with van der Waals surface area (Å²) in [7, 11) is 0. The average Bonchev–Trinajstić information content (AvgIpc) is 3.29. The Kier molecular flexibility index (Phi) is 51.1. The van der Waals surface area contributed by atoms with Gasteiger partial charge in [-0.1, -0.05) is 291 Å². The summed E-state index contributed by atoms with van der Waals surface area (Å²) in [5.41, 5.74) is 0. The first-order chi connectivity index (χ1) is 31.4. The van der Waals surface area contributed by atoms with E-state index in [4.69, 9.17) is 14.2 Å². The number of hydrogen-bond acceptors (Lipinski definition) is 6. The lowest BCUT2D eigenvalue weighted by molar-refractivity contribution is -0.167. The minimum atomic E-state index is -0.762. The second-order valence-electron chi connectivity index (χ2n) is 20.2. The molecular formula is C58H112O6. The Morgan fingerprint density at radius 3 is 0.812 bits per heavy atom. The van der Waals surface area contributed by atoms with E-state index in [1.54, 1.807) is 0 Å². The predicted octanol–water partition coefficient (Wildman–Crippen LogP) is 19.0. The van der Waals surface area contributed by atoms with Crippen LogP contribution in [0.4, 0.5) is 0 Å². The van der Waals surface area contributed by atoms with E-state index in [2.05, 4.69) is 27.7 Å². The number of ether oxygens (including phenoxy) is 3. The van der Waals surface area contributed by atoms with Crippen LogP contribution in [0.3, 0.4) is 0 Å². The SMILES string of the molecule is CCCCCCCCCCCCCCCCCCCCC(=O)OC[C@H](COC(=O)CCCCCCCCCCCCCCCC)OC(=O)CCCCCCCCCCCCC(C)CC. The first-order valence-electron chi connectivity index (χ1n) is 28.9. The number of carbonyl (C=O) groups is 3. The maximum atomic E-state index is 12.8. The Hall–Kier alpha value is -1.59. The summed E-state index contributed by atoms with van der Waals surface area (Å²) in [6.07, 6.45) is 56.6. The van der Waals surface area contributed by atoms with E-state index in [1.807, 2.05) is 0 Å². The van der Waals surface area contributed by atoms with Crippen molar-refractivity contribution in [3.05, 3.63) is 0 Å². The second-order valence-corrected chi connectivity index (χ2v) is 20.2. The molecule has 0 amide bonds. The van der Waals surface area contributed by atoms with E-state index in [-0.39, 0.29) is 31.1 Å². The van der Waals surface area contributed by atoms with E-state index in [9.17, 15) is 14.4 Å². The molecule has 0 fully saturated rings. The van der Waals surface area contributed by atoms with Crippen molar-refractivity contribution >= 4 is 17.9 Å². The third-order valence-corrected chi connectivity index (χ3v) is 13.7. The van der Waals surface area contributed by atoms with Crippen LogP contribution in [0.2, 0.25) is 0 Å². The van der Waals surface area contributed by atoms with Crippen LogP contribution < -0.4 is 0 Å². The molecule has 6 nitrogen and oxygen atoms in total. The Labute approximate surface area is 399 Å². The fourth-order valence-corrected chi connectivity index (χ4v) is 8.89. The van der Waals surface area contributed by atoms with Crippen LogP contribution in [0.5, 0.6) is 0 Å². The van der Waals surface area contributed by atoms with Crippen molar-refractivity contribution in [3.63, 3.8) is 0 Å². The minimum Gasteiger partial charge on any atom is -0.462 e. The number of rotatable bonds is 53. The standard InChI is InChI=1S/C58H112O6/c1-5-8-10-12-14-16-18-20-22-23-24-25-27-29-34-38-42-46-50-57(60)63-53-55(64-58(61)51-47-43-39-35-31-30-32-36-40-44-48-54(4)7-3)52-62-56(59)49-45-41-37-33-28-26-21-19-17-15-13-11-9-6-2/h54-55H,5-53H2,1-4H3/t54?,55-/m0/s1. The second kappa shape index (κ2) is 52.4. The third-order valence-electron chi connectivity index (χ3n) is 13.7. The van der Waals surface area contributed by atoms with Gasteiger partial charge in [-0.05, 0) is 25.2 Å². The van der Waals surface area contributed by atoms with Crippen molar-refractivity contribution in [2.75, 3.05) is 13.2 Å². The fraction of sp³-hybridized carbons (Fsp3) is 0.948. The number of unbranched alkanes of at least 4 members (excludes halogenated alkanes) is 39. The Balaban J connectivity index is 4.29. The molecular weight excluding hydrogens is 793 g/mol. The van der Waals surface area contributed by atoms with Gasteiger partial charge in [-0.3, -0.25) is 14.4 Å². The molecule has 0 aliphatic heterocycles. The molecule has 380 valence electrons. The van der Waals surface area contributed by atoms with Crippen LogP contribution in [0, 0.1) is 5.92 Å². The van der Waals surface area contributed by atoms with E-state index in [0.29, 0.717) is 19.3 Å². The van der Waals surface area contributed by atoms with Gasteiger partial charge in [0.1, 0.15) is 13.2 Å². The van der Waals surface area contributed by atoms with Gasteiger partial charge in [0, 0.05) is 19.3 Å². The van der Waals surface area contributed by atoms with Crippen molar-refractivity contribution in [2.45, 2.75) is 336 Å². The molecule has 0 saturated carbocycles. The van der Waals surface area contributed by atoms with E-state index < -0.39 is 6.10 Å². The lowest BCUT2D eigenvalue weighted by atomic mass is 9.99. The van der Waals surface area contributed by atoms with Crippen molar-refractivity contribution in [3.8, 4) is 0 Å². The lowest BCUT2D eigenvalue weighted by Crippen LogP contribution is -2.30. The summed E-state index contributed by atoms with van der Waals surface area (Å²) < 4.78 is 16.9. The van der Waals surface area contributed by atoms with Gasteiger partial charge in [0.25, 0.3) is 0 Å². The number of esters is 3. The maximum absolute atomic E-state index is 12.8. The fourth-order valence-electron chi connectivity index (χ4n) is 8.89. The minimum absolute atomic E-state index is 0.0621. The molecule has 0 rings (SSSR count). The normalized spacial score (nSPS) is 12.4. The topological polar surface area (TPSA) is 78.9 Å². The summed E-state index contributed by atoms with van der Waals surface area (Å²) >= 11 is 0. The summed E-state index contributed by atoms with van der Waals surface area (Å²) in [6, 6.07) is 0. The lowest BCUT2D eigenvalue weighted by Gasteiger charge is -2.18. The summed E-state index contributed by atoms with van der Waals surface area (Å²) in [5.74, 6) is 0.0310. The van der Waals surface area contributed by atoms with Crippen LogP contribution in [-0.2, 0) is 28.6 Å². The van der Waals surface area contributed by atoms with Gasteiger partial charge in [0.15, 0.2) is 6.10 Å². The van der Waals surface area contributed by atoms with Gasteiger partial charge < -0.3 is 14.2 Å². The molecule has 0 aromatic carbocycles. The smallest absolute Gasteiger partial charge is 0.306 e. The monoisotopic (exact) mass is 905 g/mol. The van der Waals surface area contributed by atoms with E-state index in [0.717, 1.165) is 63.7 Å². The highest BCUT2D eigenvalue weighted by atomic mass is 16.6. The molecule has 0 N–H and O–H groups in total. The van der Waals surface area contributed by atoms with Crippen LogP contribution in [0.25, 0.3) is 0 Å². The highest BCUT2D eigenvalue weighted by Gasteiger charge is 2.19. The van der Waals surface area contributed by atoms with Gasteiger partial charge in [-0.2, -0.15) is 0 Å². The summed E-state index contributed by atoms with van der Waals surface area (Å²) in [6.45, 7) is 9.08. The molecule has 0 spiro atoms. The van der Waals surface area contributed by atoms with Crippen LogP contribution in [0.1, 0.15) is 329 Å². The van der Waals surface area contributed by atoms with Gasteiger partial charge in [-0.15, -0.1) is 0 Å². The quantitative estimate of drug-likeness (QED) is 0.0344. The molecule has 0 aromatic rings. The Morgan fingerprint density at radius 2 is 0.547 bits per heavy atom.